The third-order valence-corrected chi connectivity index (χ3v) is 5.47. The van der Waals surface area contributed by atoms with Gasteiger partial charge in [0.15, 0.2) is 0 Å². The molecule has 1 N–H and O–H groups in total. The van der Waals surface area contributed by atoms with E-state index in [2.05, 4.69) is 5.32 Å². The highest BCUT2D eigenvalue weighted by atomic mass is 35.5. The minimum atomic E-state index is -0.472. The fourth-order valence-electron chi connectivity index (χ4n) is 2.62. The SMILES string of the molecule is CCOC(=O)c1c(NC(=O)c2c(Cl)cccc2Cl)sc2c1CCOC2. The second kappa shape index (κ2) is 7.74. The van der Waals surface area contributed by atoms with Gasteiger partial charge in [-0.05, 0) is 31.0 Å². The van der Waals surface area contributed by atoms with Gasteiger partial charge < -0.3 is 14.8 Å². The number of thiophene rings is 1. The molecule has 1 aromatic carbocycles. The van der Waals surface area contributed by atoms with Crippen LogP contribution in [0.4, 0.5) is 5.00 Å². The van der Waals surface area contributed by atoms with Crippen molar-refractivity contribution >= 4 is 51.4 Å². The number of ether oxygens (including phenoxy) is 2. The van der Waals surface area contributed by atoms with Crippen molar-refractivity contribution in [2.24, 2.45) is 0 Å². The number of fused-ring (bicyclic) bond motifs is 1. The molecule has 2 aromatic rings. The number of esters is 1. The molecule has 5 nitrogen and oxygen atoms in total. The molecule has 3 rings (SSSR count). The molecular weight excluding hydrogens is 385 g/mol. The van der Waals surface area contributed by atoms with Crippen LogP contribution in [0.1, 0.15) is 38.1 Å². The normalized spacial score (nSPS) is 13.2. The summed E-state index contributed by atoms with van der Waals surface area (Å²) in [5, 5.41) is 3.67. The molecule has 0 spiro atoms. The van der Waals surface area contributed by atoms with Gasteiger partial charge in [0.1, 0.15) is 5.00 Å². The van der Waals surface area contributed by atoms with E-state index < -0.39 is 11.9 Å². The number of rotatable bonds is 4. The van der Waals surface area contributed by atoms with Crippen molar-refractivity contribution in [3.63, 3.8) is 0 Å². The topological polar surface area (TPSA) is 64.6 Å². The fourth-order valence-corrected chi connectivity index (χ4v) is 4.36. The fraction of sp³-hybridized carbons (Fsp3) is 0.294. The van der Waals surface area contributed by atoms with E-state index in [-0.39, 0.29) is 22.2 Å². The number of nitrogens with one attached hydrogen (secondary N) is 1. The quantitative estimate of drug-likeness (QED) is 0.765. The van der Waals surface area contributed by atoms with E-state index in [9.17, 15) is 9.59 Å². The smallest absolute Gasteiger partial charge is 0.341 e. The van der Waals surface area contributed by atoms with Gasteiger partial charge >= 0.3 is 5.97 Å². The van der Waals surface area contributed by atoms with Crippen LogP contribution in [0, 0.1) is 0 Å². The summed E-state index contributed by atoms with van der Waals surface area (Å²) in [6.07, 6.45) is 0.600. The summed E-state index contributed by atoms with van der Waals surface area (Å²) in [4.78, 5) is 25.9. The number of hydrogen-bond acceptors (Lipinski definition) is 5. The first kappa shape index (κ1) is 18.2. The van der Waals surface area contributed by atoms with Crippen molar-refractivity contribution in [1.82, 2.24) is 0 Å². The molecule has 0 atom stereocenters. The Bertz CT molecular complexity index is 814. The lowest BCUT2D eigenvalue weighted by Crippen LogP contribution is -2.17. The molecule has 0 saturated heterocycles. The molecule has 0 bridgehead atoms. The molecule has 0 unspecified atom stereocenters. The van der Waals surface area contributed by atoms with E-state index in [1.807, 2.05) is 0 Å². The van der Waals surface area contributed by atoms with Gasteiger partial charge in [-0.2, -0.15) is 0 Å². The summed E-state index contributed by atoms with van der Waals surface area (Å²) < 4.78 is 10.6. The van der Waals surface area contributed by atoms with E-state index in [0.29, 0.717) is 30.2 Å². The second-order valence-corrected chi connectivity index (χ2v) is 7.20. The third-order valence-electron chi connectivity index (χ3n) is 3.72. The largest absolute Gasteiger partial charge is 0.462 e. The minimum Gasteiger partial charge on any atom is -0.462 e. The van der Waals surface area contributed by atoms with Crippen LogP contribution in [0.2, 0.25) is 10.0 Å². The summed E-state index contributed by atoms with van der Waals surface area (Å²) in [5.41, 5.74) is 1.43. The number of carbonyl (C=O) groups is 2. The Morgan fingerprint density at radius 3 is 2.68 bits per heavy atom. The zero-order valence-electron chi connectivity index (χ0n) is 13.4. The van der Waals surface area contributed by atoms with Crippen LogP contribution >= 0.6 is 34.5 Å². The van der Waals surface area contributed by atoms with Crippen LogP contribution in [0.3, 0.4) is 0 Å². The molecule has 0 radical (unpaired) electrons. The van der Waals surface area contributed by atoms with E-state index in [1.54, 1.807) is 25.1 Å². The molecular formula is C17H15Cl2NO4S. The Morgan fingerprint density at radius 2 is 2.00 bits per heavy atom. The predicted molar refractivity (Wildman–Crippen MR) is 98.1 cm³/mol. The Labute approximate surface area is 158 Å². The monoisotopic (exact) mass is 399 g/mol. The zero-order valence-corrected chi connectivity index (χ0v) is 15.7. The molecule has 0 aliphatic carbocycles. The molecule has 132 valence electrons. The lowest BCUT2D eigenvalue weighted by molar-refractivity contribution is 0.0524. The number of anilines is 1. The average Bonchev–Trinajstić information content (AvgIpc) is 2.92. The molecule has 0 saturated carbocycles. The first-order valence-corrected chi connectivity index (χ1v) is 9.25. The Balaban J connectivity index is 1.98. The standard InChI is InChI=1S/C17H15Cl2NO4S/c1-2-24-17(22)13-9-6-7-23-8-12(9)25-16(13)20-15(21)14-10(18)4-3-5-11(14)19/h3-5H,2,6-8H2,1H3,(H,20,21). The zero-order chi connectivity index (χ0) is 18.0. The van der Waals surface area contributed by atoms with Crippen LogP contribution in [0.15, 0.2) is 18.2 Å². The highest BCUT2D eigenvalue weighted by Gasteiger charge is 2.28. The molecule has 8 heteroatoms. The molecule has 1 amide bonds. The third kappa shape index (κ3) is 3.67. The van der Waals surface area contributed by atoms with Gasteiger partial charge in [-0.3, -0.25) is 4.79 Å². The maximum Gasteiger partial charge on any atom is 0.341 e. The Hall–Kier alpha value is -1.60. The first-order chi connectivity index (χ1) is 12.0. The van der Waals surface area contributed by atoms with Crippen LogP contribution in [-0.2, 0) is 22.5 Å². The van der Waals surface area contributed by atoms with Crippen molar-refractivity contribution in [2.45, 2.75) is 20.0 Å². The summed E-state index contributed by atoms with van der Waals surface area (Å²) in [6, 6.07) is 4.83. The molecule has 1 aromatic heterocycles. The highest BCUT2D eigenvalue weighted by molar-refractivity contribution is 7.17. The van der Waals surface area contributed by atoms with Crippen molar-refractivity contribution in [2.75, 3.05) is 18.5 Å². The van der Waals surface area contributed by atoms with Crippen LogP contribution in [-0.4, -0.2) is 25.1 Å². The van der Waals surface area contributed by atoms with Crippen molar-refractivity contribution < 1.29 is 19.1 Å². The summed E-state index contributed by atoms with van der Waals surface area (Å²) in [6.45, 7) is 2.93. The van der Waals surface area contributed by atoms with E-state index in [0.717, 1.165) is 10.4 Å². The molecule has 25 heavy (non-hydrogen) atoms. The maximum atomic E-state index is 12.6. The molecule has 1 aliphatic heterocycles. The van der Waals surface area contributed by atoms with E-state index >= 15 is 0 Å². The van der Waals surface area contributed by atoms with Crippen molar-refractivity contribution in [1.29, 1.82) is 0 Å². The van der Waals surface area contributed by atoms with Gasteiger partial charge in [0, 0.05) is 4.88 Å². The van der Waals surface area contributed by atoms with Crippen LogP contribution in [0.25, 0.3) is 0 Å². The van der Waals surface area contributed by atoms with Gasteiger partial charge in [-0.25, -0.2) is 4.79 Å². The van der Waals surface area contributed by atoms with Gasteiger partial charge in [-0.1, -0.05) is 29.3 Å². The number of amides is 1. The van der Waals surface area contributed by atoms with Gasteiger partial charge in [-0.15, -0.1) is 11.3 Å². The number of halogens is 2. The van der Waals surface area contributed by atoms with E-state index in [1.165, 1.54) is 11.3 Å². The number of hydrogen-bond donors (Lipinski definition) is 1. The average molecular weight is 400 g/mol. The number of benzene rings is 1. The van der Waals surface area contributed by atoms with Crippen molar-refractivity contribution in [3.8, 4) is 0 Å². The molecule has 0 fully saturated rings. The number of carbonyl (C=O) groups excluding carboxylic acids is 2. The van der Waals surface area contributed by atoms with Crippen LogP contribution < -0.4 is 5.32 Å². The van der Waals surface area contributed by atoms with Gasteiger partial charge in [0.2, 0.25) is 0 Å². The molecule has 2 heterocycles. The van der Waals surface area contributed by atoms with Crippen molar-refractivity contribution in [3.05, 3.63) is 49.8 Å². The predicted octanol–water partition coefficient (Wildman–Crippen LogP) is 4.56. The van der Waals surface area contributed by atoms with Gasteiger partial charge in [0.05, 0.1) is 41.0 Å². The Kier molecular flexibility index (Phi) is 5.64. The second-order valence-electron chi connectivity index (χ2n) is 5.28. The lowest BCUT2D eigenvalue weighted by atomic mass is 10.1. The van der Waals surface area contributed by atoms with Crippen LogP contribution in [0.5, 0.6) is 0 Å². The summed E-state index contributed by atoms with van der Waals surface area (Å²) in [5.74, 6) is -0.928. The molecule has 1 aliphatic rings. The first-order valence-electron chi connectivity index (χ1n) is 7.67. The van der Waals surface area contributed by atoms with Gasteiger partial charge in [0.25, 0.3) is 5.91 Å². The minimum absolute atomic E-state index is 0.170. The lowest BCUT2D eigenvalue weighted by Gasteiger charge is -2.13. The maximum absolute atomic E-state index is 12.6. The Morgan fingerprint density at radius 1 is 1.28 bits per heavy atom. The highest BCUT2D eigenvalue weighted by Crippen LogP contribution is 2.38. The van der Waals surface area contributed by atoms with E-state index in [4.69, 9.17) is 32.7 Å². The summed E-state index contributed by atoms with van der Waals surface area (Å²) in [7, 11) is 0. The summed E-state index contributed by atoms with van der Waals surface area (Å²) >= 11 is 13.5.